The third-order valence-electron chi connectivity index (χ3n) is 3.36. The Morgan fingerprint density at radius 2 is 2.22 bits per heavy atom. The van der Waals surface area contributed by atoms with Gasteiger partial charge in [0.2, 0.25) is 0 Å². The maximum Gasteiger partial charge on any atom is 0.112 e. The lowest BCUT2D eigenvalue weighted by Gasteiger charge is -2.20. The fourth-order valence-corrected chi connectivity index (χ4v) is 2.60. The van der Waals surface area contributed by atoms with Crippen molar-refractivity contribution in [3.05, 3.63) is 30.0 Å². The van der Waals surface area contributed by atoms with E-state index in [1.54, 1.807) is 0 Å². The molecule has 2 heterocycles. The van der Waals surface area contributed by atoms with Crippen LogP contribution >= 0.6 is 0 Å². The second kappa shape index (κ2) is 4.71. The van der Waals surface area contributed by atoms with E-state index >= 15 is 0 Å². The summed E-state index contributed by atoms with van der Waals surface area (Å²) < 4.78 is 8.13. The molecule has 0 spiro atoms. The monoisotopic (exact) mass is 245 g/mol. The average molecular weight is 245 g/mol. The molecular formula is C14H19N3O. The zero-order valence-corrected chi connectivity index (χ0v) is 11.0. The number of ether oxygens (including phenoxy) is 1. The number of fused-ring (bicyclic) bond motifs is 3. The first-order valence-corrected chi connectivity index (χ1v) is 6.47. The molecule has 1 aliphatic rings. The lowest BCUT2D eigenvalue weighted by atomic mass is 10.1. The fourth-order valence-electron chi connectivity index (χ4n) is 2.60. The Bertz CT molecular complexity index is 547. The number of likely N-dealkylation sites (N-methyl/N-ethyl adjacent to an activating group) is 1. The minimum absolute atomic E-state index is 0.120. The lowest BCUT2D eigenvalue weighted by molar-refractivity contribution is 0.0386. The van der Waals surface area contributed by atoms with Crippen molar-refractivity contribution < 1.29 is 4.74 Å². The van der Waals surface area contributed by atoms with Crippen molar-refractivity contribution in [3.63, 3.8) is 0 Å². The largest absolute Gasteiger partial charge is 0.370 e. The quantitative estimate of drug-likeness (QED) is 0.811. The minimum atomic E-state index is 0.120. The fraction of sp³-hybridized carbons (Fsp3) is 0.500. The highest BCUT2D eigenvalue weighted by atomic mass is 16.5. The van der Waals surface area contributed by atoms with Crippen molar-refractivity contribution in [3.8, 4) is 0 Å². The van der Waals surface area contributed by atoms with Gasteiger partial charge in [-0.3, -0.25) is 4.68 Å². The Labute approximate surface area is 107 Å². The highest BCUT2D eigenvalue weighted by Crippen LogP contribution is 2.29. The molecule has 4 nitrogen and oxygen atoms in total. The number of benzene rings is 1. The molecule has 0 radical (unpaired) electrons. The first-order valence-electron chi connectivity index (χ1n) is 6.47. The van der Waals surface area contributed by atoms with Gasteiger partial charge in [0.15, 0.2) is 0 Å². The van der Waals surface area contributed by atoms with Crippen molar-refractivity contribution in [1.29, 1.82) is 0 Å². The molecule has 0 N–H and O–H groups in total. The Morgan fingerprint density at radius 1 is 1.39 bits per heavy atom. The van der Waals surface area contributed by atoms with Crippen molar-refractivity contribution >= 4 is 10.9 Å². The minimum Gasteiger partial charge on any atom is -0.370 e. The van der Waals surface area contributed by atoms with Crippen molar-refractivity contribution in [2.24, 2.45) is 0 Å². The number of aryl methyl sites for hydroxylation is 1. The molecule has 1 aromatic carbocycles. The van der Waals surface area contributed by atoms with Gasteiger partial charge in [-0.2, -0.15) is 5.10 Å². The van der Waals surface area contributed by atoms with Crippen molar-refractivity contribution in [2.45, 2.75) is 19.1 Å². The van der Waals surface area contributed by atoms with Gasteiger partial charge in [0.25, 0.3) is 0 Å². The van der Waals surface area contributed by atoms with Gasteiger partial charge in [0, 0.05) is 25.1 Å². The van der Waals surface area contributed by atoms with Gasteiger partial charge in [-0.25, -0.2) is 0 Å². The van der Waals surface area contributed by atoms with Crippen LogP contribution in [0.1, 0.15) is 18.2 Å². The molecule has 1 unspecified atom stereocenters. The third-order valence-corrected chi connectivity index (χ3v) is 3.36. The van der Waals surface area contributed by atoms with Crippen LogP contribution in [-0.4, -0.2) is 41.9 Å². The predicted molar refractivity (Wildman–Crippen MR) is 71.6 cm³/mol. The lowest BCUT2D eigenvalue weighted by Crippen LogP contribution is -2.23. The molecule has 0 fully saturated rings. The number of nitrogens with zero attached hydrogens (tertiary/aromatic N) is 3. The molecule has 2 aromatic rings. The first kappa shape index (κ1) is 11.7. The summed E-state index contributed by atoms with van der Waals surface area (Å²) >= 11 is 0. The van der Waals surface area contributed by atoms with E-state index in [0.29, 0.717) is 0 Å². The van der Waals surface area contributed by atoms with E-state index in [2.05, 4.69) is 47.0 Å². The molecule has 3 rings (SSSR count). The SMILES string of the molecule is CN(C)CC1OCCCn2nc3ccccc3c21. The molecule has 0 saturated heterocycles. The highest BCUT2D eigenvalue weighted by molar-refractivity contribution is 5.81. The Hall–Kier alpha value is -1.39. The zero-order chi connectivity index (χ0) is 12.5. The summed E-state index contributed by atoms with van der Waals surface area (Å²) in [5.41, 5.74) is 2.30. The number of rotatable bonds is 2. The van der Waals surface area contributed by atoms with Crippen LogP contribution in [0.15, 0.2) is 24.3 Å². The standard InChI is InChI=1S/C14H19N3O/c1-16(2)10-13-14-11-6-3-4-7-12(11)15-17(14)8-5-9-18-13/h3-4,6-7,13H,5,8-10H2,1-2H3. The van der Waals surface area contributed by atoms with E-state index in [1.165, 1.54) is 11.1 Å². The third kappa shape index (κ3) is 2.02. The normalized spacial score (nSPS) is 20.1. The molecular weight excluding hydrogens is 226 g/mol. The second-order valence-electron chi connectivity index (χ2n) is 5.10. The van der Waals surface area contributed by atoms with Crippen LogP contribution in [-0.2, 0) is 11.3 Å². The van der Waals surface area contributed by atoms with E-state index in [1.807, 2.05) is 6.07 Å². The molecule has 1 atom stereocenters. The molecule has 96 valence electrons. The van der Waals surface area contributed by atoms with E-state index in [4.69, 9.17) is 4.74 Å². The second-order valence-corrected chi connectivity index (χ2v) is 5.10. The van der Waals surface area contributed by atoms with Crippen LogP contribution in [0.25, 0.3) is 10.9 Å². The predicted octanol–water partition coefficient (Wildman–Crippen LogP) is 2.06. The zero-order valence-electron chi connectivity index (χ0n) is 11.0. The smallest absolute Gasteiger partial charge is 0.112 e. The summed E-state index contributed by atoms with van der Waals surface area (Å²) in [6, 6.07) is 8.33. The van der Waals surface area contributed by atoms with Gasteiger partial charge in [0.1, 0.15) is 6.10 Å². The highest BCUT2D eigenvalue weighted by Gasteiger charge is 2.24. The average Bonchev–Trinajstić information content (AvgIpc) is 2.60. The topological polar surface area (TPSA) is 30.3 Å². The summed E-state index contributed by atoms with van der Waals surface area (Å²) in [6.45, 7) is 2.67. The van der Waals surface area contributed by atoms with Crippen LogP contribution in [0.4, 0.5) is 0 Å². The Kier molecular flexibility index (Phi) is 3.06. The Balaban J connectivity index is 2.11. The van der Waals surface area contributed by atoms with Gasteiger partial charge in [-0.1, -0.05) is 18.2 Å². The van der Waals surface area contributed by atoms with Crippen LogP contribution in [0.5, 0.6) is 0 Å². The summed E-state index contributed by atoms with van der Waals surface area (Å²) in [5, 5.41) is 5.92. The summed E-state index contributed by atoms with van der Waals surface area (Å²) in [4.78, 5) is 2.17. The number of aromatic nitrogens is 2. The Morgan fingerprint density at radius 3 is 3.06 bits per heavy atom. The van der Waals surface area contributed by atoms with Gasteiger partial charge in [-0.05, 0) is 26.6 Å². The molecule has 4 heteroatoms. The van der Waals surface area contributed by atoms with Crippen molar-refractivity contribution in [2.75, 3.05) is 27.2 Å². The molecule has 1 aromatic heterocycles. The molecule has 0 bridgehead atoms. The van der Waals surface area contributed by atoms with E-state index < -0.39 is 0 Å². The van der Waals surface area contributed by atoms with Crippen molar-refractivity contribution in [1.82, 2.24) is 14.7 Å². The molecule has 0 saturated carbocycles. The number of hydrogen-bond donors (Lipinski definition) is 0. The molecule has 1 aliphatic heterocycles. The van der Waals surface area contributed by atoms with Crippen LogP contribution in [0.3, 0.4) is 0 Å². The molecule has 18 heavy (non-hydrogen) atoms. The summed E-state index contributed by atoms with van der Waals surface area (Å²) in [6.07, 6.45) is 1.15. The van der Waals surface area contributed by atoms with E-state index in [-0.39, 0.29) is 6.10 Å². The van der Waals surface area contributed by atoms with Gasteiger partial charge < -0.3 is 9.64 Å². The maximum absolute atomic E-state index is 6.00. The van der Waals surface area contributed by atoms with Gasteiger partial charge in [-0.15, -0.1) is 0 Å². The van der Waals surface area contributed by atoms with Crippen LogP contribution in [0, 0.1) is 0 Å². The summed E-state index contributed by atoms with van der Waals surface area (Å²) in [5.74, 6) is 0. The maximum atomic E-state index is 6.00. The van der Waals surface area contributed by atoms with Gasteiger partial charge in [0.05, 0.1) is 11.2 Å². The van der Waals surface area contributed by atoms with Crippen LogP contribution in [0.2, 0.25) is 0 Å². The van der Waals surface area contributed by atoms with E-state index in [9.17, 15) is 0 Å². The molecule has 0 aliphatic carbocycles. The van der Waals surface area contributed by atoms with E-state index in [0.717, 1.165) is 31.6 Å². The molecule has 0 amide bonds. The number of hydrogen-bond acceptors (Lipinski definition) is 3. The summed E-state index contributed by atoms with van der Waals surface area (Å²) in [7, 11) is 4.16. The first-order chi connectivity index (χ1) is 8.75. The van der Waals surface area contributed by atoms with Crippen LogP contribution < -0.4 is 0 Å². The van der Waals surface area contributed by atoms with Gasteiger partial charge >= 0.3 is 0 Å².